The van der Waals surface area contributed by atoms with Crippen molar-refractivity contribution in [2.45, 2.75) is 39.7 Å². The van der Waals surface area contributed by atoms with E-state index in [1.807, 2.05) is 6.21 Å². The smallest absolute Gasteiger partial charge is 0.216 e. The third-order valence-corrected chi connectivity index (χ3v) is 6.36. The van der Waals surface area contributed by atoms with E-state index in [0.29, 0.717) is 10.6 Å². The molecule has 5 rings (SSSR count). The molecule has 3 aromatic carbocycles. The van der Waals surface area contributed by atoms with Crippen LogP contribution >= 0.6 is 12.2 Å². The molecule has 0 amide bonds. The number of aryl methyl sites for hydroxylation is 1. The van der Waals surface area contributed by atoms with Gasteiger partial charge in [-0.25, -0.2) is 5.10 Å². The Kier molecular flexibility index (Phi) is 5.25. The third kappa shape index (κ3) is 3.80. The summed E-state index contributed by atoms with van der Waals surface area (Å²) < 4.78 is 4.49. The van der Waals surface area contributed by atoms with Gasteiger partial charge in [0.05, 0.1) is 6.21 Å². The van der Waals surface area contributed by atoms with Gasteiger partial charge in [-0.1, -0.05) is 69.3 Å². The van der Waals surface area contributed by atoms with Crippen LogP contribution in [0.2, 0.25) is 0 Å². The highest BCUT2D eigenvalue weighted by Gasteiger charge is 2.15. The number of benzene rings is 3. The Morgan fingerprint density at radius 3 is 2.42 bits per heavy atom. The lowest BCUT2D eigenvalue weighted by molar-refractivity contribution is 0.590. The number of aromatic nitrogens is 4. The molecule has 0 bridgehead atoms. The van der Waals surface area contributed by atoms with Crippen LogP contribution in [0.5, 0.6) is 0 Å². The number of H-pyrrole nitrogens is 1. The topological polar surface area (TPSA) is 50.9 Å². The molecular weight excluding hydrogens is 426 g/mol. The molecule has 5 nitrogen and oxygen atoms in total. The minimum absolute atomic E-state index is 0.0982. The third-order valence-electron chi connectivity index (χ3n) is 6.09. The van der Waals surface area contributed by atoms with Gasteiger partial charge in [-0.2, -0.15) is 14.9 Å². The standard InChI is InChI=1S/C27H27N5S/c1-5-31-23-9-7-6-8-21(23)22-16-18(10-15-24(22)31)17-28-32-25(29-30-26(32)33)19-11-13-20(14-12-19)27(2,3)4/h6-17H,5H2,1-4H3,(H,30,33)/b28-17+. The van der Waals surface area contributed by atoms with E-state index in [-0.39, 0.29) is 5.41 Å². The van der Waals surface area contributed by atoms with Crippen LogP contribution in [-0.2, 0) is 12.0 Å². The number of hydrogen-bond acceptors (Lipinski definition) is 3. The van der Waals surface area contributed by atoms with Crippen molar-refractivity contribution in [1.29, 1.82) is 0 Å². The molecule has 166 valence electrons. The lowest BCUT2D eigenvalue weighted by Crippen LogP contribution is -2.10. The number of fused-ring (bicyclic) bond motifs is 3. The van der Waals surface area contributed by atoms with Crippen molar-refractivity contribution in [3.63, 3.8) is 0 Å². The van der Waals surface area contributed by atoms with Crippen molar-refractivity contribution >= 4 is 40.2 Å². The van der Waals surface area contributed by atoms with Crippen LogP contribution in [0.3, 0.4) is 0 Å². The highest BCUT2D eigenvalue weighted by atomic mass is 32.1. The average Bonchev–Trinajstić information content (AvgIpc) is 3.34. The first-order valence-electron chi connectivity index (χ1n) is 11.2. The van der Waals surface area contributed by atoms with Crippen LogP contribution in [0.1, 0.15) is 38.8 Å². The molecule has 5 aromatic rings. The van der Waals surface area contributed by atoms with Crippen molar-refractivity contribution in [2.24, 2.45) is 5.10 Å². The van der Waals surface area contributed by atoms with Crippen molar-refractivity contribution in [3.8, 4) is 11.4 Å². The van der Waals surface area contributed by atoms with Crippen LogP contribution in [0.4, 0.5) is 0 Å². The summed E-state index contributed by atoms with van der Waals surface area (Å²) in [7, 11) is 0. The summed E-state index contributed by atoms with van der Waals surface area (Å²) in [6, 6.07) is 23.4. The molecule has 0 atom stereocenters. The lowest BCUT2D eigenvalue weighted by Gasteiger charge is -2.18. The Hall–Kier alpha value is -3.51. The molecule has 1 N–H and O–H groups in total. The largest absolute Gasteiger partial charge is 0.341 e. The van der Waals surface area contributed by atoms with Crippen molar-refractivity contribution in [3.05, 3.63) is 82.6 Å². The number of hydrogen-bond donors (Lipinski definition) is 1. The fraction of sp³-hybridized carbons (Fsp3) is 0.222. The Morgan fingerprint density at radius 2 is 1.70 bits per heavy atom. The molecule has 0 aliphatic heterocycles. The number of nitrogens with zero attached hydrogens (tertiary/aromatic N) is 4. The van der Waals surface area contributed by atoms with Gasteiger partial charge in [0.2, 0.25) is 4.77 Å². The van der Waals surface area contributed by atoms with Gasteiger partial charge in [0.15, 0.2) is 5.82 Å². The number of aromatic amines is 1. The molecule has 2 heterocycles. The quantitative estimate of drug-likeness (QED) is 0.237. The van der Waals surface area contributed by atoms with E-state index >= 15 is 0 Å². The second kappa shape index (κ2) is 8.12. The summed E-state index contributed by atoms with van der Waals surface area (Å²) in [6.45, 7) is 9.72. The second-order valence-corrected chi connectivity index (χ2v) is 9.66. The summed E-state index contributed by atoms with van der Waals surface area (Å²) in [5, 5.41) is 14.5. The van der Waals surface area contributed by atoms with E-state index in [9.17, 15) is 0 Å². The lowest BCUT2D eigenvalue weighted by atomic mass is 9.87. The van der Waals surface area contributed by atoms with E-state index in [1.165, 1.54) is 27.4 Å². The summed E-state index contributed by atoms with van der Waals surface area (Å²) >= 11 is 5.46. The molecule has 33 heavy (non-hydrogen) atoms. The van der Waals surface area contributed by atoms with Gasteiger partial charge < -0.3 is 4.57 Å². The molecule has 0 fully saturated rings. The predicted molar refractivity (Wildman–Crippen MR) is 140 cm³/mol. The van der Waals surface area contributed by atoms with Crippen LogP contribution in [0, 0.1) is 4.77 Å². The van der Waals surface area contributed by atoms with E-state index in [0.717, 1.165) is 17.7 Å². The van der Waals surface area contributed by atoms with Gasteiger partial charge in [-0.05, 0) is 53.9 Å². The zero-order chi connectivity index (χ0) is 23.2. The Balaban J connectivity index is 1.53. The van der Waals surface area contributed by atoms with Gasteiger partial charge in [0, 0.05) is 33.9 Å². The Morgan fingerprint density at radius 1 is 0.970 bits per heavy atom. The molecule has 0 unspecified atom stereocenters. The molecule has 0 radical (unpaired) electrons. The van der Waals surface area contributed by atoms with Crippen molar-refractivity contribution < 1.29 is 0 Å². The summed E-state index contributed by atoms with van der Waals surface area (Å²) in [5.74, 6) is 0.695. The average molecular weight is 454 g/mol. The first kappa shape index (κ1) is 21.3. The maximum atomic E-state index is 5.46. The van der Waals surface area contributed by atoms with Crippen molar-refractivity contribution in [2.75, 3.05) is 0 Å². The molecule has 0 aliphatic carbocycles. The minimum atomic E-state index is 0.0982. The number of rotatable bonds is 4. The fourth-order valence-corrected chi connectivity index (χ4v) is 4.50. The SMILES string of the molecule is CCn1c2ccccc2c2cc(/C=N/n3c(-c4ccc(C(C)(C)C)cc4)n[nH]c3=S)ccc21. The molecule has 6 heteroatoms. The highest BCUT2D eigenvalue weighted by Crippen LogP contribution is 2.29. The first-order valence-corrected chi connectivity index (χ1v) is 11.6. The first-order chi connectivity index (χ1) is 15.9. The Labute approximate surface area is 198 Å². The molecule has 0 saturated heterocycles. The van der Waals surface area contributed by atoms with Crippen LogP contribution in [-0.4, -0.2) is 25.7 Å². The van der Waals surface area contributed by atoms with Gasteiger partial charge in [-0.3, -0.25) is 0 Å². The summed E-state index contributed by atoms with van der Waals surface area (Å²) in [6.07, 6.45) is 1.84. The Bertz CT molecular complexity index is 1540. The normalized spacial score (nSPS) is 12.4. The minimum Gasteiger partial charge on any atom is -0.341 e. The van der Waals surface area contributed by atoms with E-state index in [2.05, 4.69) is 114 Å². The predicted octanol–water partition coefficient (Wildman–Crippen LogP) is 6.92. The van der Waals surface area contributed by atoms with E-state index < -0.39 is 0 Å². The fourth-order valence-electron chi connectivity index (χ4n) is 4.32. The maximum absolute atomic E-state index is 5.46. The molecule has 2 aromatic heterocycles. The number of para-hydroxylation sites is 1. The zero-order valence-electron chi connectivity index (χ0n) is 19.3. The summed E-state index contributed by atoms with van der Waals surface area (Å²) in [5.41, 5.74) is 5.83. The van der Waals surface area contributed by atoms with Gasteiger partial charge in [0.1, 0.15) is 0 Å². The van der Waals surface area contributed by atoms with Crippen molar-refractivity contribution in [1.82, 2.24) is 19.4 Å². The van der Waals surface area contributed by atoms with Gasteiger partial charge >= 0.3 is 0 Å². The van der Waals surface area contributed by atoms with E-state index in [1.54, 1.807) is 4.68 Å². The molecular formula is C27H27N5S. The monoisotopic (exact) mass is 453 g/mol. The molecule has 0 spiro atoms. The summed E-state index contributed by atoms with van der Waals surface area (Å²) in [4.78, 5) is 0. The van der Waals surface area contributed by atoms with Crippen LogP contribution in [0.15, 0.2) is 71.8 Å². The molecule has 0 aliphatic rings. The van der Waals surface area contributed by atoms with Crippen LogP contribution < -0.4 is 0 Å². The maximum Gasteiger partial charge on any atom is 0.216 e. The van der Waals surface area contributed by atoms with Gasteiger partial charge in [0.25, 0.3) is 0 Å². The molecule has 0 saturated carbocycles. The highest BCUT2D eigenvalue weighted by molar-refractivity contribution is 7.71. The zero-order valence-corrected chi connectivity index (χ0v) is 20.1. The van der Waals surface area contributed by atoms with Gasteiger partial charge in [-0.15, -0.1) is 0 Å². The second-order valence-electron chi connectivity index (χ2n) is 9.27. The number of nitrogens with one attached hydrogen (secondary N) is 1. The van der Waals surface area contributed by atoms with E-state index in [4.69, 9.17) is 12.2 Å². The van der Waals surface area contributed by atoms with Crippen LogP contribution in [0.25, 0.3) is 33.2 Å².